The molecule has 0 saturated carbocycles. The van der Waals surface area contributed by atoms with Gasteiger partial charge in [-0.05, 0) is 49.2 Å². The van der Waals surface area contributed by atoms with Crippen LogP contribution in [-0.2, 0) is 0 Å². The van der Waals surface area contributed by atoms with Crippen molar-refractivity contribution >= 4 is 39.0 Å². The zero-order valence-corrected chi connectivity index (χ0v) is 13.7. The number of benzene rings is 1. The molecule has 1 N–H and O–H groups in total. The smallest absolute Gasteiger partial charge is 0.0510 e. The molecule has 0 radical (unpaired) electrons. The molecule has 0 spiro atoms. The first-order valence-corrected chi connectivity index (χ1v) is 8.46. The molecule has 0 aliphatic carbocycles. The summed E-state index contributed by atoms with van der Waals surface area (Å²) >= 11 is 7.23. The van der Waals surface area contributed by atoms with Crippen molar-refractivity contribution in [3.8, 4) is 0 Å². The van der Waals surface area contributed by atoms with Crippen molar-refractivity contribution in [1.82, 2.24) is 5.32 Å². The molecule has 1 unspecified atom stereocenters. The van der Waals surface area contributed by atoms with E-state index >= 15 is 0 Å². The lowest BCUT2D eigenvalue weighted by molar-refractivity contribution is 0.670. The topological polar surface area (TPSA) is 12.0 Å². The van der Waals surface area contributed by atoms with Crippen LogP contribution in [0.25, 0.3) is 0 Å². The molecule has 1 atom stereocenters. The van der Waals surface area contributed by atoms with Crippen LogP contribution >= 0.6 is 39.0 Å². The van der Waals surface area contributed by atoms with Crippen LogP contribution in [0, 0.1) is 6.92 Å². The van der Waals surface area contributed by atoms with Gasteiger partial charge in [0.2, 0.25) is 0 Å². The van der Waals surface area contributed by atoms with Crippen molar-refractivity contribution in [1.29, 1.82) is 0 Å². The standard InChI is InChI=1S/C14H16BrNS2/c1-10-6-7-17-14(10)13(16-2)9-18-12-5-3-4-11(15)8-12/h3-8,13,16H,9H2,1-2H3. The van der Waals surface area contributed by atoms with Crippen LogP contribution in [0.3, 0.4) is 0 Å². The number of rotatable bonds is 5. The first-order chi connectivity index (χ1) is 8.70. The fourth-order valence-corrected chi connectivity index (χ4v) is 4.54. The summed E-state index contributed by atoms with van der Waals surface area (Å²) in [5.41, 5.74) is 1.38. The Morgan fingerprint density at radius 2 is 2.22 bits per heavy atom. The van der Waals surface area contributed by atoms with Crippen molar-refractivity contribution in [2.75, 3.05) is 12.8 Å². The Bertz CT molecular complexity index is 510. The van der Waals surface area contributed by atoms with E-state index in [-0.39, 0.29) is 0 Å². The molecule has 0 aliphatic rings. The largest absolute Gasteiger partial charge is 0.312 e. The van der Waals surface area contributed by atoms with Crippen LogP contribution in [0.2, 0.25) is 0 Å². The molecule has 2 rings (SSSR count). The quantitative estimate of drug-likeness (QED) is 0.778. The molecule has 0 fully saturated rings. The normalized spacial score (nSPS) is 12.6. The van der Waals surface area contributed by atoms with Gasteiger partial charge in [-0.1, -0.05) is 22.0 Å². The monoisotopic (exact) mass is 341 g/mol. The fraction of sp³-hybridized carbons (Fsp3) is 0.286. The van der Waals surface area contributed by atoms with E-state index in [4.69, 9.17) is 0 Å². The van der Waals surface area contributed by atoms with Crippen LogP contribution in [-0.4, -0.2) is 12.8 Å². The lowest BCUT2D eigenvalue weighted by Crippen LogP contribution is -2.18. The van der Waals surface area contributed by atoms with E-state index < -0.39 is 0 Å². The number of nitrogens with one attached hydrogen (secondary N) is 1. The van der Waals surface area contributed by atoms with Crippen molar-refractivity contribution in [2.24, 2.45) is 0 Å². The molecule has 96 valence electrons. The fourth-order valence-electron chi connectivity index (χ4n) is 1.77. The molecule has 2 aromatic rings. The van der Waals surface area contributed by atoms with Crippen molar-refractivity contribution < 1.29 is 0 Å². The van der Waals surface area contributed by atoms with Gasteiger partial charge in [0.1, 0.15) is 0 Å². The van der Waals surface area contributed by atoms with Gasteiger partial charge in [-0.2, -0.15) is 0 Å². The number of thiophene rings is 1. The Hall–Kier alpha value is -0.290. The predicted octanol–water partition coefficient (Wildman–Crippen LogP) is 4.87. The second-order valence-electron chi connectivity index (χ2n) is 4.08. The average Bonchev–Trinajstić information content (AvgIpc) is 2.77. The average molecular weight is 342 g/mol. The highest BCUT2D eigenvalue weighted by molar-refractivity contribution is 9.10. The first kappa shape index (κ1) is 14.1. The minimum atomic E-state index is 0.425. The number of thioether (sulfide) groups is 1. The molecule has 1 aromatic carbocycles. The summed E-state index contributed by atoms with van der Waals surface area (Å²) < 4.78 is 1.14. The highest BCUT2D eigenvalue weighted by Gasteiger charge is 2.13. The Morgan fingerprint density at radius 1 is 1.39 bits per heavy atom. The van der Waals surface area contributed by atoms with E-state index in [2.05, 4.69) is 63.9 Å². The molecule has 1 aromatic heterocycles. The van der Waals surface area contributed by atoms with Crippen LogP contribution in [0.1, 0.15) is 16.5 Å². The lowest BCUT2D eigenvalue weighted by atomic mass is 10.2. The van der Waals surface area contributed by atoms with Crippen molar-refractivity contribution in [3.63, 3.8) is 0 Å². The van der Waals surface area contributed by atoms with E-state index in [1.165, 1.54) is 15.3 Å². The van der Waals surface area contributed by atoms with Gasteiger partial charge in [0, 0.05) is 20.0 Å². The molecule has 18 heavy (non-hydrogen) atoms. The van der Waals surface area contributed by atoms with Gasteiger partial charge in [0.05, 0.1) is 6.04 Å². The van der Waals surface area contributed by atoms with E-state index in [0.29, 0.717) is 6.04 Å². The summed E-state index contributed by atoms with van der Waals surface area (Å²) in [6.45, 7) is 2.18. The molecule has 0 saturated heterocycles. The number of halogens is 1. The van der Waals surface area contributed by atoms with E-state index in [1.54, 1.807) is 0 Å². The zero-order valence-electron chi connectivity index (χ0n) is 10.4. The SMILES string of the molecule is CNC(CSc1cccc(Br)c1)c1sccc1C. The van der Waals surface area contributed by atoms with Gasteiger partial charge in [-0.3, -0.25) is 0 Å². The minimum absolute atomic E-state index is 0.425. The van der Waals surface area contributed by atoms with E-state index in [0.717, 1.165) is 10.2 Å². The molecule has 1 nitrogen and oxygen atoms in total. The predicted molar refractivity (Wildman–Crippen MR) is 85.7 cm³/mol. The summed E-state index contributed by atoms with van der Waals surface area (Å²) in [5, 5.41) is 5.57. The van der Waals surface area contributed by atoms with E-state index in [1.807, 2.05) is 30.1 Å². The summed E-state index contributed by atoms with van der Waals surface area (Å²) in [4.78, 5) is 2.75. The molecular weight excluding hydrogens is 326 g/mol. The molecule has 0 bridgehead atoms. The lowest BCUT2D eigenvalue weighted by Gasteiger charge is -2.15. The van der Waals surface area contributed by atoms with Gasteiger partial charge in [-0.15, -0.1) is 23.1 Å². The van der Waals surface area contributed by atoms with Crippen molar-refractivity contribution in [3.05, 3.63) is 50.6 Å². The second-order valence-corrected chi connectivity index (χ2v) is 7.03. The number of hydrogen-bond donors (Lipinski definition) is 1. The van der Waals surface area contributed by atoms with Crippen molar-refractivity contribution in [2.45, 2.75) is 17.9 Å². The van der Waals surface area contributed by atoms with Gasteiger partial charge < -0.3 is 5.32 Å². The Balaban J connectivity index is 2.02. The Labute approximate surface area is 125 Å². The van der Waals surface area contributed by atoms with Gasteiger partial charge in [0.25, 0.3) is 0 Å². The Morgan fingerprint density at radius 3 is 2.83 bits per heavy atom. The zero-order chi connectivity index (χ0) is 13.0. The van der Waals surface area contributed by atoms with Crippen LogP contribution in [0.15, 0.2) is 45.1 Å². The van der Waals surface area contributed by atoms with Crippen LogP contribution in [0.4, 0.5) is 0 Å². The Kier molecular flexibility index (Phi) is 5.30. The maximum atomic E-state index is 3.51. The molecule has 4 heteroatoms. The maximum Gasteiger partial charge on any atom is 0.0510 e. The summed E-state index contributed by atoms with van der Waals surface area (Å²) in [6.07, 6.45) is 0. The molecule has 0 amide bonds. The van der Waals surface area contributed by atoms with Gasteiger partial charge in [0.15, 0.2) is 0 Å². The third kappa shape index (κ3) is 3.60. The maximum absolute atomic E-state index is 3.51. The summed E-state index contributed by atoms with van der Waals surface area (Å²) in [5.74, 6) is 1.05. The molecule has 1 heterocycles. The highest BCUT2D eigenvalue weighted by atomic mass is 79.9. The van der Waals surface area contributed by atoms with Gasteiger partial charge >= 0.3 is 0 Å². The summed E-state index contributed by atoms with van der Waals surface area (Å²) in [6, 6.07) is 11.1. The first-order valence-electron chi connectivity index (χ1n) is 5.80. The molecular formula is C14H16BrNS2. The number of hydrogen-bond acceptors (Lipinski definition) is 3. The van der Waals surface area contributed by atoms with Gasteiger partial charge in [-0.25, -0.2) is 0 Å². The van der Waals surface area contributed by atoms with E-state index in [9.17, 15) is 0 Å². The molecule has 0 aliphatic heterocycles. The van der Waals surface area contributed by atoms with Crippen LogP contribution < -0.4 is 5.32 Å². The highest BCUT2D eigenvalue weighted by Crippen LogP contribution is 2.30. The minimum Gasteiger partial charge on any atom is -0.312 e. The second kappa shape index (κ2) is 6.75. The third-order valence-corrected chi connectivity index (χ3v) is 5.49. The summed E-state index contributed by atoms with van der Waals surface area (Å²) in [7, 11) is 2.03. The van der Waals surface area contributed by atoms with Crippen LogP contribution in [0.5, 0.6) is 0 Å². The number of aryl methyl sites for hydroxylation is 1. The third-order valence-electron chi connectivity index (χ3n) is 2.78.